The van der Waals surface area contributed by atoms with Gasteiger partial charge in [-0.25, -0.2) is 9.67 Å². The Labute approximate surface area is 109 Å². The maximum absolute atomic E-state index is 6.21. The van der Waals surface area contributed by atoms with Crippen molar-refractivity contribution >= 4 is 0 Å². The van der Waals surface area contributed by atoms with Crippen molar-refractivity contribution in [3.63, 3.8) is 0 Å². The van der Waals surface area contributed by atoms with E-state index in [0.717, 1.165) is 44.8 Å². The summed E-state index contributed by atoms with van der Waals surface area (Å²) >= 11 is 0. The van der Waals surface area contributed by atoms with Crippen molar-refractivity contribution < 1.29 is 4.74 Å². The molecule has 2 N–H and O–H groups in total. The lowest BCUT2D eigenvalue weighted by Crippen LogP contribution is -2.28. The summed E-state index contributed by atoms with van der Waals surface area (Å²) in [6.07, 6.45) is 4.60. The Morgan fingerprint density at radius 3 is 3.06 bits per heavy atom. The predicted octanol–water partition coefficient (Wildman–Crippen LogP) is 1.23. The van der Waals surface area contributed by atoms with E-state index in [2.05, 4.69) is 23.9 Å². The second-order valence-electron chi connectivity index (χ2n) is 5.68. The maximum Gasteiger partial charge on any atom is 0.138 e. The molecule has 1 aromatic rings. The first kappa shape index (κ1) is 13.5. The summed E-state index contributed by atoms with van der Waals surface area (Å²) in [5.41, 5.74) is 6.21. The highest BCUT2D eigenvalue weighted by atomic mass is 16.5. The third-order valence-electron chi connectivity index (χ3n) is 3.34. The molecule has 102 valence electrons. The molecule has 2 heterocycles. The molecule has 5 heteroatoms. The molecule has 0 spiro atoms. The van der Waals surface area contributed by atoms with Crippen LogP contribution in [-0.2, 0) is 17.7 Å². The van der Waals surface area contributed by atoms with Crippen LogP contribution in [0.25, 0.3) is 0 Å². The molecule has 1 aliphatic rings. The zero-order chi connectivity index (χ0) is 13.0. The van der Waals surface area contributed by atoms with Crippen LogP contribution in [-0.4, -0.2) is 34.0 Å². The third kappa shape index (κ3) is 3.78. The van der Waals surface area contributed by atoms with Crippen LogP contribution in [0.4, 0.5) is 0 Å². The fourth-order valence-electron chi connectivity index (χ4n) is 2.46. The van der Waals surface area contributed by atoms with E-state index >= 15 is 0 Å². The van der Waals surface area contributed by atoms with Crippen molar-refractivity contribution in [1.82, 2.24) is 14.8 Å². The molecule has 1 aromatic heterocycles. The average molecular weight is 252 g/mol. The van der Waals surface area contributed by atoms with Crippen molar-refractivity contribution in [2.75, 3.05) is 13.2 Å². The number of rotatable bonds is 6. The predicted molar refractivity (Wildman–Crippen MR) is 70.1 cm³/mol. The number of hydrogen-bond acceptors (Lipinski definition) is 4. The quantitative estimate of drug-likeness (QED) is 0.827. The number of nitrogens with zero attached hydrogens (tertiary/aromatic N) is 3. The Kier molecular flexibility index (Phi) is 4.72. The van der Waals surface area contributed by atoms with E-state index in [-0.39, 0.29) is 6.04 Å². The Balaban J connectivity index is 1.85. The van der Waals surface area contributed by atoms with E-state index in [1.807, 2.05) is 4.68 Å². The second kappa shape index (κ2) is 6.29. The van der Waals surface area contributed by atoms with Gasteiger partial charge < -0.3 is 10.5 Å². The summed E-state index contributed by atoms with van der Waals surface area (Å²) in [6, 6.07) is 0.159. The van der Waals surface area contributed by atoms with Gasteiger partial charge in [-0.05, 0) is 24.7 Å². The minimum absolute atomic E-state index is 0.159. The summed E-state index contributed by atoms with van der Waals surface area (Å²) in [5.74, 6) is 2.21. The molecule has 2 rings (SSSR count). The third-order valence-corrected chi connectivity index (χ3v) is 3.34. The van der Waals surface area contributed by atoms with Gasteiger partial charge in [0.25, 0.3) is 0 Å². The molecule has 0 radical (unpaired) electrons. The molecule has 1 aliphatic heterocycles. The zero-order valence-corrected chi connectivity index (χ0v) is 11.4. The first-order valence-electron chi connectivity index (χ1n) is 6.85. The summed E-state index contributed by atoms with van der Waals surface area (Å²) in [7, 11) is 0. The van der Waals surface area contributed by atoms with Crippen molar-refractivity contribution in [1.29, 1.82) is 0 Å². The molecule has 2 atom stereocenters. The maximum atomic E-state index is 6.21. The van der Waals surface area contributed by atoms with E-state index in [9.17, 15) is 0 Å². The summed E-state index contributed by atoms with van der Waals surface area (Å²) in [4.78, 5) is 4.32. The summed E-state index contributed by atoms with van der Waals surface area (Å²) in [5, 5.41) is 4.27. The van der Waals surface area contributed by atoms with Gasteiger partial charge in [-0.2, -0.15) is 5.10 Å². The van der Waals surface area contributed by atoms with E-state index in [1.165, 1.54) is 0 Å². The molecule has 5 nitrogen and oxygen atoms in total. The fourth-order valence-corrected chi connectivity index (χ4v) is 2.46. The lowest BCUT2D eigenvalue weighted by Gasteiger charge is -2.16. The van der Waals surface area contributed by atoms with Crippen LogP contribution in [0.3, 0.4) is 0 Å². The lowest BCUT2D eigenvalue weighted by molar-refractivity contribution is 0.182. The van der Waals surface area contributed by atoms with Crippen LogP contribution in [0.15, 0.2) is 6.33 Å². The van der Waals surface area contributed by atoms with Crippen LogP contribution < -0.4 is 5.73 Å². The molecule has 0 amide bonds. The van der Waals surface area contributed by atoms with Gasteiger partial charge in [0.1, 0.15) is 12.2 Å². The largest absolute Gasteiger partial charge is 0.381 e. The highest BCUT2D eigenvalue weighted by Gasteiger charge is 2.20. The molecule has 0 aromatic carbocycles. The summed E-state index contributed by atoms with van der Waals surface area (Å²) < 4.78 is 7.36. The van der Waals surface area contributed by atoms with Crippen LogP contribution in [0.1, 0.15) is 32.5 Å². The smallest absolute Gasteiger partial charge is 0.138 e. The Hall–Kier alpha value is -0.940. The lowest BCUT2D eigenvalue weighted by atomic mass is 9.97. The Bertz CT molecular complexity index is 358. The van der Waals surface area contributed by atoms with Gasteiger partial charge in [-0.1, -0.05) is 13.8 Å². The molecular weight excluding hydrogens is 228 g/mol. The van der Waals surface area contributed by atoms with Gasteiger partial charge in [0.2, 0.25) is 0 Å². The Morgan fingerprint density at radius 1 is 1.56 bits per heavy atom. The van der Waals surface area contributed by atoms with Crippen molar-refractivity contribution in [3.05, 3.63) is 12.2 Å². The molecular formula is C13H24N4O. The normalized spacial score (nSPS) is 21.7. The molecule has 0 bridgehead atoms. The highest BCUT2D eigenvalue weighted by Crippen LogP contribution is 2.18. The minimum atomic E-state index is 0.159. The summed E-state index contributed by atoms with van der Waals surface area (Å²) in [6.45, 7) is 7.03. The van der Waals surface area contributed by atoms with Gasteiger partial charge in [0.15, 0.2) is 0 Å². The van der Waals surface area contributed by atoms with E-state index in [1.54, 1.807) is 6.33 Å². The molecule has 18 heavy (non-hydrogen) atoms. The van der Waals surface area contributed by atoms with Crippen molar-refractivity contribution in [2.45, 2.75) is 45.7 Å². The van der Waals surface area contributed by atoms with E-state index < -0.39 is 0 Å². The SMILES string of the molecule is CC(C)Cn1ncnc1CC(N)CC1CCOC1. The number of nitrogens with two attached hydrogens (primary N) is 1. The fraction of sp³-hybridized carbons (Fsp3) is 0.846. The van der Waals surface area contributed by atoms with Gasteiger partial charge in [-0.3, -0.25) is 0 Å². The molecule has 0 aliphatic carbocycles. The second-order valence-corrected chi connectivity index (χ2v) is 5.68. The average Bonchev–Trinajstić information content (AvgIpc) is 2.91. The van der Waals surface area contributed by atoms with Gasteiger partial charge >= 0.3 is 0 Å². The van der Waals surface area contributed by atoms with Crippen molar-refractivity contribution in [2.24, 2.45) is 17.6 Å². The van der Waals surface area contributed by atoms with Gasteiger partial charge in [0.05, 0.1) is 0 Å². The topological polar surface area (TPSA) is 66.0 Å². The minimum Gasteiger partial charge on any atom is -0.381 e. The first-order chi connectivity index (χ1) is 8.65. The van der Waals surface area contributed by atoms with Crippen LogP contribution in [0.2, 0.25) is 0 Å². The molecule has 1 saturated heterocycles. The van der Waals surface area contributed by atoms with Crippen LogP contribution in [0, 0.1) is 11.8 Å². The first-order valence-corrected chi connectivity index (χ1v) is 6.85. The van der Waals surface area contributed by atoms with Gasteiger partial charge in [0, 0.05) is 32.2 Å². The highest BCUT2D eigenvalue weighted by molar-refractivity contribution is 4.90. The monoisotopic (exact) mass is 252 g/mol. The van der Waals surface area contributed by atoms with Crippen LogP contribution in [0.5, 0.6) is 0 Å². The number of ether oxygens (including phenoxy) is 1. The standard InChI is InChI=1S/C13H24N4O/c1-10(2)7-17-13(15-9-16-17)6-12(14)5-11-3-4-18-8-11/h9-12H,3-8,14H2,1-2H3. The Morgan fingerprint density at radius 2 is 2.39 bits per heavy atom. The van der Waals surface area contributed by atoms with Crippen molar-refractivity contribution in [3.8, 4) is 0 Å². The van der Waals surface area contributed by atoms with Crippen LogP contribution >= 0.6 is 0 Å². The molecule has 2 unspecified atom stereocenters. The van der Waals surface area contributed by atoms with E-state index in [4.69, 9.17) is 10.5 Å². The van der Waals surface area contributed by atoms with Gasteiger partial charge in [-0.15, -0.1) is 0 Å². The number of hydrogen-bond donors (Lipinski definition) is 1. The molecule has 1 fully saturated rings. The molecule has 0 saturated carbocycles. The zero-order valence-electron chi connectivity index (χ0n) is 11.4. The number of aromatic nitrogens is 3. The van der Waals surface area contributed by atoms with E-state index in [0.29, 0.717) is 11.8 Å².